The second-order valence-corrected chi connectivity index (χ2v) is 5.99. The first-order valence-corrected chi connectivity index (χ1v) is 8.02. The van der Waals surface area contributed by atoms with Crippen molar-refractivity contribution >= 4 is 5.82 Å². The van der Waals surface area contributed by atoms with Crippen molar-refractivity contribution in [1.29, 1.82) is 0 Å². The van der Waals surface area contributed by atoms with Gasteiger partial charge in [-0.15, -0.1) is 0 Å². The first-order chi connectivity index (χ1) is 10.2. The average Bonchev–Trinajstić information content (AvgIpc) is 2.45. The number of hydrogen-bond acceptors (Lipinski definition) is 5. The summed E-state index contributed by atoms with van der Waals surface area (Å²) in [6.07, 6.45) is 3.44. The Kier molecular flexibility index (Phi) is 6.39. The molecule has 0 amide bonds. The minimum absolute atomic E-state index is 0.742. The predicted octanol–water partition coefficient (Wildman–Crippen LogP) is 2.47. The minimum Gasteiger partial charge on any atom is -0.381 e. The molecule has 0 atom stereocenters. The third-order valence-electron chi connectivity index (χ3n) is 3.78. The average molecular weight is 292 g/mol. The zero-order chi connectivity index (χ0) is 15.1. The fraction of sp³-hybridized carbons (Fsp3) is 0.750. The number of rotatable bonds is 7. The largest absolute Gasteiger partial charge is 0.381 e. The van der Waals surface area contributed by atoms with Gasteiger partial charge in [0.1, 0.15) is 11.6 Å². The third-order valence-corrected chi connectivity index (χ3v) is 3.78. The molecule has 118 valence electrons. The molecule has 5 heteroatoms. The molecule has 5 nitrogen and oxygen atoms in total. The summed E-state index contributed by atoms with van der Waals surface area (Å²) in [6, 6.07) is 2.01. The lowest BCUT2D eigenvalue weighted by Crippen LogP contribution is -2.30. The van der Waals surface area contributed by atoms with Gasteiger partial charge in [-0.2, -0.15) is 0 Å². The van der Waals surface area contributed by atoms with E-state index in [0.29, 0.717) is 0 Å². The van der Waals surface area contributed by atoms with Crippen LogP contribution in [0.25, 0.3) is 0 Å². The van der Waals surface area contributed by atoms with Crippen molar-refractivity contribution in [3.05, 3.63) is 17.6 Å². The van der Waals surface area contributed by atoms with Crippen molar-refractivity contribution in [2.75, 3.05) is 38.7 Å². The third kappa shape index (κ3) is 5.59. The van der Waals surface area contributed by atoms with Crippen LogP contribution in [0.15, 0.2) is 6.07 Å². The smallest absolute Gasteiger partial charge is 0.144 e. The van der Waals surface area contributed by atoms with E-state index in [4.69, 9.17) is 4.74 Å². The molecule has 0 bridgehead atoms. The van der Waals surface area contributed by atoms with Crippen LogP contribution < -0.4 is 5.32 Å². The lowest BCUT2D eigenvalue weighted by molar-refractivity contribution is 0.0547. The second kappa shape index (κ2) is 8.29. The topological polar surface area (TPSA) is 50.3 Å². The molecular weight excluding hydrogens is 264 g/mol. The Bertz CT molecular complexity index is 432. The van der Waals surface area contributed by atoms with Gasteiger partial charge in [-0.05, 0) is 39.2 Å². The van der Waals surface area contributed by atoms with Crippen LogP contribution in [0.2, 0.25) is 0 Å². The first-order valence-electron chi connectivity index (χ1n) is 8.02. The lowest BCUT2D eigenvalue weighted by atomic mass is 10.00. The van der Waals surface area contributed by atoms with Gasteiger partial charge in [0.2, 0.25) is 0 Å². The van der Waals surface area contributed by atoms with Crippen molar-refractivity contribution in [2.24, 2.45) is 5.92 Å². The molecule has 2 heterocycles. The molecule has 0 aromatic carbocycles. The first kappa shape index (κ1) is 16.2. The summed E-state index contributed by atoms with van der Waals surface area (Å²) in [5.41, 5.74) is 1.03. The maximum Gasteiger partial charge on any atom is 0.144 e. The summed E-state index contributed by atoms with van der Waals surface area (Å²) < 4.78 is 5.42. The van der Waals surface area contributed by atoms with E-state index < -0.39 is 0 Å². The summed E-state index contributed by atoms with van der Waals surface area (Å²) in [5.74, 6) is 2.59. The highest BCUT2D eigenvalue weighted by Crippen LogP contribution is 2.16. The molecule has 0 radical (unpaired) electrons. The summed E-state index contributed by atoms with van der Waals surface area (Å²) in [4.78, 5) is 11.5. The Morgan fingerprint density at radius 1 is 1.33 bits per heavy atom. The van der Waals surface area contributed by atoms with Crippen LogP contribution in [-0.4, -0.2) is 48.2 Å². The predicted molar refractivity (Wildman–Crippen MR) is 85.4 cm³/mol. The molecule has 1 fully saturated rings. The SMILES string of the molecule is CCCNc1cc(C)nc(CN(C)CC2CCOCC2)n1. The molecule has 1 saturated heterocycles. The Morgan fingerprint density at radius 3 is 2.81 bits per heavy atom. The number of aryl methyl sites for hydroxylation is 1. The highest BCUT2D eigenvalue weighted by atomic mass is 16.5. The van der Waals surface area contributed by atoms with Crippen LogP contribution in [0.3, 0.4) is 0 Å². The van der Waals surface area contributed by atoms with E-state index in [1.165, 1.54) is 12.8 Å². The van der Waals surface area contributed by atoms with Gasteiger partial charge >= 0.3 is 0 Å². The van der Waals surface area contributed by atoms with Crippen molar-refractivity contribution < 1.29 is 4.74 Å². The van der Waals surface area contributed by atoms with Gasteiger partial charge in [-0.1, -0.05) is 6.92 Å². The van der Waals surface area contributed by atoms with Gasteiger partial charge in [0.05, 0.1) is 6.54 Å². The molecule has 1 aliphatic rings. The zero-order valence-electron chi connectivity index (χ0n) is 13.6. The fourth-order valence-electron chi connectivity index (χ4n) is 2.72. The number of anilines is 1. The van der Waals surface area contributed by atoms with E-state index in [0.717, 1.165) is 62.5 Å². The molecule has 2 rings (SSSR count). The number of nitrogens with zero attached hydrogens (tertiary/aromatic N) is 3. The standard InChI is InChI=1S/C16H28N4O/c1-4-7-17-15-10-13(2)18-16(19-15)12-20(3)11-14-5-8-21-9-6-14/h10,14H,4-9,11-12H2,1-3H3,(H,17,18,19). The highest BCUT2D eigenvalue weighted by molar-refractivity contribution is 5.35. The zero-order valence-corrected chi connectivity index (χ0v) is 13.6. The second-order valence-electron chi connectivity index (χ2n) is 5.99. The molecule has 0 spiro atoms. The maximum atomic E-state index is 5.42. The van der Waals surface area contributed by atoms with Crippen molar-refractivity contribution in [1.82, 2.24) is 14.9 Å². The van der Waals surface area contributed by atoms with E-state index in [-0.39, 0.29) is 0 Å². The van der Waals surface area contributed by atoms with Crippen molar-refractivity contribution in [3.63, 3.8) is 0 Å². The van der Waals surface area contributed by atoms with Crippen molar-refractivity contribution in [2.45, 2.75) is 39.7 Å². The van der Waals surface area contributed by atoms with Crippen LogP contribution >= 0.6 is 0 Å². The van der Waals surface area contributed by atoms with Crippen LogP contribution in [0, 0.1) is 12.8 Å². The summed E-state index contributed by atoms with van der Waals surface area (Å²) >= 11 is 0. The molecule has 0 aliphatic carbocycles. The van der Waals surface area contributed by atoms with Gasteiger partial charge in [0.15, 0.2) is 0 Å². The molecule has 0 saturated carbocycles. The van der Waals surface area contributed by atoms with Crippen LogP contribution in [0.1, 0.15) is 37.7 Å². The summed E-state index contributed by atoms with van der Waals surface area (Å²) in [7, 11) is 2.15. The molecule has 1 N–H and O–H groups in total. The fourth-order valence-corrected chi connectivity index (χ4v) is 2.72. The molecule has 0 unspecified atom stereocenters. The molecule has 1 aliphatic heterocycles. The highest BCUT2D eigenvalue weighted by Gasteiger charge is 2.16. The number of nitrogens with one attached hydrogen (secondary N) is 1. The molecule has 1 aromatic rings. The van der Waals surface area contributed by atoms with Crippen molar-refractivity contribution in [3.8, 4) is 0 Å². The van der Waals surface area contributed by atoms with Gasteiger partial charge in [0.25, 0.3) is 0 Å². The van der Waals surface area contributed by atoms with E-state index in [1.54, 1.807) is 0 Å². The van der Waals surface area contributed by atoms with Crippen LogP contribution in [-0.2, 0) is 11.3 Å². The van der Waals surface area contributed by atoms with Gasteiger partial charge < -0.3 is 10.1 Å². The summed E-state index contributed by atoms with van der Waals surface area (Å²) in [5, 5.41) is 3.34. The van der Waals surface area contributed by atoms with E-state index in [2.05, 4.69) is 34.2 Å². The van der Waals surface area contributed by atoms with Crippen LogP contribution in [0.5, 0.6) is 0 Å². The normalized spacial score (nSPS) is 16.4. The Hall–Kier alpha value is -1.20. The van der Waals surface area contributed by atoms with Gasteiger partial charge in [-0.3, -0.25) is 4.90 Å². The number of aromatic nitrogens is 2. The quantitative estimate of drug-likeness (QED) is 0.836. The summed E-state index contributed by atoms with van der Waals surface area (Å²) in [6.45, 7) is 8.85. The van der Waals surface area contributed by atoms with Gasteiger partial charge in [0, 0.05) is 38.1 Å². The van der Waals surface area contributed by atoms with Gasteiger partial charge in [-0.25, -0.2) is 9.97 Å². The van der Waals surface area contributed by atoms with Crippen LogP contribution in [0.4, 0.5) is 5.82 Å². The lowest BCUT2D eigenvalue weighted by Gasteiger charge is -2.26. The molecule has 1 aromatic heterocycles. The van der Waals surface area contributed by atoms with E-state index in [9.17, 15) is 0 Å². The van der Waals surface area contributed by atoms with E-state index >= 15 is 0 Å². The monoisotopic (exact) mass is 292 g/mol. The number of ether oxygens (including phenoxy) is 1. The Balaban J connectivity index is 1.89. The Morgan fingerprint density at radius 2 is 2.10 bits per heavy atom. The molecular formula is C16H28N4O. The minimum atomic E-state index is 0.742. The van der Waals surface area contributed by atoms with E-state index in [1.807, 2.05) is 13.0 Å². The maximum absolute atomic E-state index is 5.42. The molecule has 21 heavy (non-hydrogen) atoms. The number of hydrogen-bond donors (Lipinski definition) is 1. The Labute approximate surface area is 128 Å².